The summed E-state index contributed by atoms with van der Waals surface area (Å²) in [6, 6.07) is 50.5. The van der Waals surface area contributed by atoms with Crippen LogP contribution in [0.1, 0.15) is 57.4 Å². The molecule has 8 rings (SSSR count). The molecule has 46 heavy (non-hydrogen) atoms. The van der Waals surface area contributed by atoms with Crippen LogP contribution in [0.5, 0.6) is 0 Å². The summed E-state index contributed by atoms with van der Waals surface area (Å²) in [5.74, 6) is 0. The second kappa shape index (κ2) is 13.4. The molecule has 0 radical (unpaired) electrons. The number of anilines is 3. The zero-order valence-electron chi connectivity index (χ0n) is 26.3. The van der Waals surface area contributed by atoms with E-state index < -0.39 is 0 Å². The molecular weight excluding hydrogens is 624 g/mol. The van der Waals surface area contributed by atoms with E-state index >= 15 is 0 Å². The molecule has 0 bridgehead atoms. The van der Waals surface area contributed by atoms with E-state index in [1.807, 2.05) is 48.5 Å². The van der Waals surface area contributed by atoms with Gasteiger partial charge in [-0.25, -0.2) is 0 Å². The second-order valence-electron chi connectivity index (χ2n) is 12.7. The molecule has 0 amide bonds. The van der Waals surface area contributed by atoms with E-state index in [-0.39, 0.29) is 18.3 Å². The van der Waals surface area contributed by atoms with Gasteiger partial charge in [-0.3, -0.25) is 0 Å². The Hall–Kier alpha value is -4.60. The molecule has 0 aliphatic heterocycles. The first-order valence-electron chi connectivity index (χ1n) is 15.4. The van der Waals surface area contributed by atoms with E-state index in [0.717, 1.165) is 21.5 Å². The number of hydrogen-bond acceptors (Lipinski definition) is 2. The number of benzene rings is 6. The first-order chi connectivity index (χ1) is 21.7. The molecule has 0 unspecified atom stereocenters. The fraction of sp³-hybridized carbons (Fsp3) is 0.163. The quantitative estimate of drug-likeness (QED) is 0.180. The number of fused-ring (bicyclic) bond motifs is 6. The summed E-state index contributed by atoms with van der Waals surface area (Å²) in [4.78, 5) is 0. The molecule has 232 valence electrons. The smallest absolute Gasteiger partial charge is 0.0390 e. The summed E-state index contributed by atoms with van der Waals surface area (Å²) >= 11 is 3.55. The standard InChI is InChI=1S/C21H19N.C15H13Br.C6H7N.CH4/c1-21(2)19-11-7-6-10-17(19)18-14-16(12-13-20(18)21)22-15-8-4-3-5-9-15;1-15(2)13-6-4-3-5-11(13)12-9-10(16)7-8-14(12)15;7-6-4-2-1-3-5-6;/h3-14,22H,1-2H3;3-9H,1-2H3;1-5H,7H2;1H4. The van der Waals surface area contributed by atoms with Crippen molar-refractivity contribution in [1.29, 1.82) is 0 Å². The van der Waals surface area contributed by atoms with E-state index in [1.54, 1.807) is 0 Å². The SMILES string of the molecule is C.CC1(C)c2ccccc2-c2cc(Br)ccc21.CC1(C)c2ccccc2-c2cc(Nc3ccccc3)ccc21.Nc1ccccc1. The van der Waals surface area contributed by atoms with Gasteiger partial charge in [0.2, 0.25) is 0 Å². The lowest BCUT2D eigenvalue weighted by molar-refractivity contribution is 0.660. The largest absolute Gasteiger partial charge is 0.399 e. The molecule has 2 nitrogen and oxygen atoms in total. The molecular formula is C43H43BrN2. The van der Waals surface area contributed by atoms with Gasteiger partial charge >= 0.3 is 0 Å². The monoisotopic (exact) mass is 666 g/mol. The Morgan fingerprint density at radius 1 is 0.457 bits per heavy atom. The maximum absolute atomic E-state index is 5.36. The Labute approximate surface area is 283 Å². The average Bonchev–Trinajstić information content (AvgIpc) is 3.42. The maximum Gasteiger partial charge on any atom is 0.0390 e. The van der Waals surface area contributed by atoms with Crippen molar-refractivity contribution < 1.29 is 0 Å². The topological polar surface area (TPSA) is 38.0 Å². The minimum absolute atomic E-state index is 0. The van der Waals surface area contributed by atoms with Gasteiger partial charge in [0.05, 0.1) is 0 Å². The summed E-state index contributed by atoms with van der Waals surface area (Å²) < 4.78 is 1.15. The van der Waals surface area contributed by atoms with Crippen molar-refractivity contribution in [1.82, 2.24) is 0 Å². The van der Waals surface area contributed by atoms with Gasteiger partial charge in [-0.05, 0) is 93.0 Å². The number of nitrogens with one attached hydrogen (secondary N) is 1. The Bertz CT molecular complexity index is 1940. The lowest BCUT2D eigenvalue weighted by atomic mass is 9.82. The number of nitrogen functional groups attached to an aromatic ring is 1. The van der Waals surface area contributed by atoms with Crippen molar-refractivity contribution in [2.45, 2.75) is 46.0 Å². The molecule has 0 saturated carbocycles. The molecule has 6 aromatic rings. The minimum Gasteiger partial charge on any atom is -0.399 e. The molecule has 6 aromatic carbocycles. The Morgan fingerprint density at radius 2 is 0.891 bits per heavy atom. The highest BCUT2D eigenvalue weighted by molar-refractivity contribution is 9.10. The summed E-state index contributed by atoms with van der Waals surface area (Å²) in [5.41, 5.74) is 19.8. The number of halogens is 1. The number of para-hydroxylation sites is 2. The van der Waals surface area contributed by atoms with Crippen molar-refractivity contribution in [3.05, 3.63) is 172 Å². The van der Waals surface area contributed by atoms with Gasteiger partial charge < -0.3 is 11.1 Å². The predicted molar refractivity (Wildman–Crippen MR) is 203 cm³/mol. The average molecular weight is 668 g/mol. The number of nitrogens with two attached hydrogens (primary N) is 1. The fourth-order valence-electron chi connectivity index (χ4n) is 6.63. The molecule has 0 saturated heterocycles. The molecule has 3 N–H and O–H groups in total. The minimum atomic E-state index is 0. The third-order valence-corrected chi connectivity index (χ3v) is 9.48. The van der Waals surface area contributed by atoms with Crippen LogP contribution in [0.25, 0.3) is 22.3 Å². The van der Waals surface area contributed by atoms with Crippen molar-refractivity contribution in [3.63, 3.8) is 0 Å². The van der Waals surface area contributed by atoms with E-state index in [0.29, 0.717) is 0 Å². The number of hydrogen-bond donors (Lipinski definition) is 2. The molecule has 0 heterocycles. The number of rotatable bonds is 2. The highest BCUT2D eigenvalue weighted by Gasteiger charge is 2.36. The van der Waals surface area contributed by atoms with Crippen molar-refractivity contribution in [2.75, 3.05) is 11.1 Å². The molecule has 3 heteroatoms. The summed E-state index contributed by atoms with van der Waals surface area (Å²) in [7, 11) is 0. The molecule has 0 fully saturated rings. The zero-order chi connectivity index (χ0) is 31.6. The summed E-state index contributed by atoms with van der Waals surface area (Å²) in [6.45, 7) is 9.21. The third-order valence-electron chi connectivity index (χ3n) is 8.99. The van der Waals surface area contributed by atoms with E-state index in [9.17, 15) is 0 Å². The van der Waals surface area contributed by atoms with Crippen molar-refractivity contribution in [2.24, 2.45) is 0 Å². The van der Waals surface area contributed by atoms with E-state index in [2.05, 4.69) is 146 Å². The maximum atomic E-state index is 5.36. The van der Waals surface area contributed by atoms with Gasteiger partial charge in [0, 0.05) is 32.4 Å². The van der Waals surface area contributed by atoms with Gasteiger partial charge in [0.15, 0.2) is 0 Å². The summed E-state index contributed by atoms with van der Waals surface area (Å²) in [5, 5.41) is 3.49. The Morgan fingerprint density at radius 3 is 1.41 bits per heavy atom. The van der Waals surface area contributed by atoms with Crippen LogP contribution in [-0.4, -0.2) is 0 Å². The lowest BCUT2D eigenvalue weighted by Gasteiger charge is -2.21. The highest BCUT2D eigenvalue weighted by atomic mass is 79.9. The second-order valence-corrected chi connectivity index (χ2v) is 13.6. The molecule has 0 spiro atoms. The fourth-order valence-corrected chi connectivity index (χ4v) is 6.99. The first kappa shape index (κ1) is 32.8. The van der Waals surface area contributed by atoms with E-state index in [4.69, 9.17) is 5.73 Å². The lowest BCUT2D eigenvalue weighted by Crippen LogP contribution is -2.14. The van der Waals surface area contributed by atoms with Crippen LogP contribution in [0, 0.1) is 0 Å². The van der Waals surface area contributed by atoms with Crippen LogP contribution in [0.4, 0.5) is 17.1 Å². The molecule has 2 aliphatic rings. The third kappa shape index (κ3) is 6.38. The molecule has 0 aromatic heterocycles. The Kier molecular flexibility index (Phi) is 9.55. The van der Waals surface area contributed by atoms with Crippen LogP contribution >= 0.6 is 15.9 Å². The van der Waals surface area contributed by atoms with Crippen LogP contribution in [0.3, 0.4) is 0 Å². The van der Waals surface area contributed by atoms with Crippen LogP contribution in [-0.2, 0) is 10.8 Å². The summed E-state index contributed by atoms with van der Waals surface area (Å²) in [6.07, 6.45) is 0. The van der Waals surface area contributed by atoms with Crippen LogP contribution < -0.4 is 11.1 Å². The normalized spacial score (nSPS) is 13.6. The predicted octanol–water partition coefficient (Wildman–Crippen LogP) is 12.4. The molecule has 0 atom stereocenters. The van der Waals surface area contributed by atoms with Gasteiger partial charge in [0.25, 0.3) is 0 Å². The van der Waals surface area contributed by atoms with Crippen molar-refractivity contribution >= 4 is 33.0 Å². The van der Waals surface area contributed by atoms with Crippen LogP contribution in [0.2, 0.25) is 0 Å². The zero-order valence-corrected chi connectivity index (χ0v) is 27.9. The van der Waals surface area contributed by atoms with E-state index in [1.165, 1.54) is 44.5 Å². The van der Waals surface area contributed by atoms with Crippen LogP contribution in [0.15, 0.2) is 150 Å². The van der Waals surface area contributed by atoms with Gasteiger partial charge in [-0.15, -0.1) is 0 Å². The van der Waals surface area contributed by atoms with Crippen molar-refractivity contribution in [3.8, 4) is 22.3 Å². The van der Waals surface area contributed by atoms with Gasteiger partial charge in [-0.2, -0.15) is 0 Å². The Balaban J connectivity index is 0.000000152. The molecule has 2 aliphatic carbocycles. The highest BCUT2D eigenvalue weighted by Crippen LogP contribution is 2.50. The van der Waals surface area contributed by atoms with Gasteiger partial charge in [-0.1, -0.05) is 148 Å². The van der Waals surface area contributed by atoms with Gasteiger partial charge in [0.1, 0.15) is 0 Å². The first-order valence-corrected chi connectivity index (χ1v) is 16.2.